The van der Waals surface area contributed by atoms with E-state index in [1.165, 1.54) is 10.6 Å². The Morgan fingerprint density at radius 2 is 1.85 bits per heavy atom. The van der Waals surface area contributed by atoms with Crippen molar-refractivity contribution < 1.29 is 13.2 Å². The second-order valence-corrected chi connectivity index (χ2v) is 7.98. The van der Waals surface area contributed by atoms with Crippen molar-refractivity contribution in [3.8, 4) is 5.69 Å². The summed E-state index contributed by atoms with van der Waals surface area (Å²) in [6.45, 7) is 0. The second-order valence-electron chi connectivity index (χ2n) is 7.98. The number of halogens is 3. The largest absolute Gasteiger partial charge is 0.417 e. The second kappa shape index (κ2) is 8.23. The van der Waals surface area contributed by atoms with Crippen molar-refractivity contribution in [3.63, 3.8) is 0 Å². The molecule has 1 fully saturated rings. The molecule has 0 aliphatic heterocycles. The van der Waals surface area contributed by atoms with Gasteiger partial charge in [0.05, 0.1) is 17.4 Å². The Kier molecular flexibility index (Phi) is 5.23. The number of pyridine rings is 3. The minimum absolute atomic E-state index is 0.104. The molecule has 170 valence electrons. The van der Waals surface area contributed by atoms with Crippen LogP contribution in [-0.2, 0) is 6.18 Å². The van der Waals surface area contributed by atoms with Gasteiger partial charge in [0.15, 0.2) is 5.65 Å². The van der Waals surface area contributed by atoms with Gasteiger partial charge in [0.1, 0.15) is 11.3 Å². The molecule has 1 saturated carbocycles. The lowest BCUT2D eigenvalue weighted by molar-refractivity contribution is -0.137. The first-order chi connectivity index (χ1) is 15.8. The molecule has 1 aliphatic rings. The fourth-order valence-electron chi connectivity index (χ4n) is 4.02. The molecule has 2 atom stereocenters. The number of aromatic nitrogens is 5. The zero-order chi connectivity index (χ0) is 23.0. The van der Waals surface area contributed by atoms with Crippen molar-refractivity contribution in [2.45, 2.75) is 37.5 Å². The fourth-order valence-corrected chi connectivity index (χ4v) is 4.02. The third kappa shape index (κ3) is 4.52. The lowest BCUT2D eigenvalue weighted by atomic mass is 10.2. The van der Waals surface area contributed by atoms with Gasteiger partial charge in [-0.3, -0.25) is 9.36 Å². The zero-order valence-electron chi connectivity index (χ0n) is 17.3. The number of rotatable bonds is 5. The van der Waals surface area contributed by atoms with E-state index in [4.69, 9.17) is 0 Å². The number of nitrogens with zero attached hydrogens (tertiary/aromatic N) is 4. The van der Waals surface area contributed by atoms with E-state index < -0.39 is 11.7 Å². The normalized spacial score (nSPS) is 18.5. The van der Waals surface area contributed by atoms with E-state index in [1.54, 1.807) is 24.5 Å². The van der Waals surface area contributed by atoms with Crippen LogP contribution in [0, 0.1) is 0 Å². The highest BCUT2D eigenvalue weighted by molar-refractivity contribution is 5.74. The summed E-state index contributed by atoms with van der Waals surface area (Å²) in [6, 6.07) is 9.90. The van der Waals surface area contributed by atoms with Crippen molar-refractivity contribution in [2.24, 2.45) is 0 Å². The summed E-state index contributed by atoms with van der Waals surface area (Å²) >= 11 is 0. The molecular weight excluding hydrogens is 435 g/mol. The van der Waals surface area contributed by atoms with E-state index in [0.717, 1.165) is 31.5 Å². The number of hydrogen-bond acceptors (Lipinski definition) is 6. The van der Waals surface area contributed by atoms with Crippen LogP contribution >= 0.6 is 0 Å². The highest BCUT2D eigenvalue weighted by Gasteiger charge is 2.31. The molecule has 0 bridgehead atoms. The van der Waals surface area contributed by atoms with Gasteiger partial charge in [-0.05, 0) is 43.5 Å². The van der Waals surface area contributed by atoms with Gasteiger partial charge in [0.25, 0.3) is 5.56 Å². The minimum Gasteiger partial charge on any atom is -0.367 e. The third-order valence-electron chi connectivity index (χ3n) is 5.64. The molecule has 11 heteroatoms. The van der Waals surface area contributed by atoms with Crippen LogP contribution in [0.1, 0.15) is 24.8 Å². The van der Waals surface area contributed by atoms with Crippen molar-refractivity contribution in [1.29, 1.82) is 0 Å². The molecule has 33 heavy (non-hydrogen) atoms. The molecule has 3 N–H and O–H groups in total. The molecule has 0 radical (unpaired) electrons. The number of hydrogen-bond donors (Lipinski definition) is 3. The number of H-pyrrole nitrogens is 1. The molecule has 0 aromatic carbocycles. The van der Waals surface area contributed by atoms with Crippen molar-refractivity contribution in [2.75, 3.05) is 10.6 Å². The van der Waals surface area contributed by atoms with Gasteiger partial charge >= 0.3 is 6.18 Å². The van der Waals surface area contributed by atoms with Crippen molar-refractivity contribution >= 4 is 22.9 Å². The molecule has 4 aromatic rings. The molecule has 5 rings (SSSR count). The molecule has 0 saturated heterocycles. The standard InChI is InChI=1S/C22H20F3N7O/c23-22(24,25)13-9-17-20(27-11-13)31-21(30-17)29-15-5-4-14(10-15)28-18-7-6-16(12-26-18)32-8-2-1-3-19(32)33/h1-3,6-9,11-12,14-15H,4-5,10H2,(H,26,28)(H2,27,29,30,31)/t14-,15-/m0/s1. The summed E-state index contributed by atoms with van der Waals surface area (Å²) in [6.07, 6.45) is 2.24. The van der Waals surface area contributed by atoms with E-state index in [1.807, 2.05) is 12.1 Å². The van der Waals surface area contributed by atoms with Gasteiger partial charge in [-0.1, -0.05) is 6.07 Å². The maximum atomic E-state index is 12.9. The Morgan fingerprint density at radius 3 is 2.58 bits per heavy atom. The average Bonchev–Trinajstić information content (AvgIpc) is 3.40. The molecule has 0 amide bonds. The van der Waals surface area contributed by atoms with E-state index in [-0.39, 0.29) is 23.2 Å². The summed E-state index contributed by atoms with van der Waals surface area (Å²) in [5.41, 5.74) is 0.208. The quantitative estimate of drug-likeness (QED) is 0.421. The highest BCUT2D eigenvalue weighted by atomic mass is 19.4. The average molecular weight is 455 g/mol. The molecule has 0 unspecified atom stereocenters. The smallest absolute Gasteiger partial charge is 0.367 e. The van der Waals surface area contributed by atoms with Crippen LogP contribution in [0.25, 0.3) is 16.9 Å². The zero-order valence-corrected chi connectivity index (χ0v) is 17.3. The first-order valence-corrected chi connectivity index (χ1v) is 10.5. The number of imidazole rings is 1. The van der Waals surface area contributed by atoms with Gasteiger partial charge in [-0.2, -0.15) is 13.2 Å². The van der Waals surface area contributed by atoms with Crippen LogP contribution < -0.4 is 16.2 Å². The Hall–Kier alpha value is -3.89. The number of alkyl halides is 3. The lowest BCUT2D eigenvalue weighted by Crippen LogP contribution is -2.21. The van der Waals surface area contributed by atoms with Crippen LogP contribution in [0.5, 0.6) is 0 Å². The number of anilines is 2. The van der Waals surface area contributed by atoms with E-state index in [2.05, 4.69) is 30.6 Å². The van der Waals surface area contributed by atoms with Crippen LogP contribution in [0.15, 0.2) is 59.8 Å². The summed E-state index contributed by atoms with van der Waals surface area (Å²) in [5.74, 6) is 1.11. The van der Waals surface area contributed by atoms with Gasteiger partial charge in [0, 0.05) is 30.5 Å². The predicted molar refractivity (Wildman–Crippen MR) is 117 cm³/mol. The number of aromatic amines is 1. The van der Waals surface area contributed by atoms with Crippen LogP contribution in [-0.4, -0.2) is 36.6 Å². The van der Waals surface area contributed by atoms with Gasteiger partial charge in [0.2, 0.25) is 5.95 Å². The summed E-state index contributed by atoms with van der Waals surface area (Å²) in [5, 5.41) is 6.65. The summed E-state index contributed by atoms with van der Waals surface area (Å²) < 4.78 is 40.2. The van der Waals surface area contributed by atoms with Gasteiger partial charge in [-0.15, -0.1) is 0 Å². The molecule has 4 heterocycles. The van der Waals surface area contributed by atoms with Crippen LogP contribution in [0.3, 0.4) is 0 Å². The molecule has 1 aliphatic carbocycles. The monoisotopic (exact) mass is 455 g/mol. The molecule has 0 spiro atoms. The summed E-state index contributed by atoms with van der Waals surface area (Å²) in [7, 11) is 0. The molecule has 4 aromatic heterocycles. The Morgan fingerprint density at radius 1 is 1.03 bits per heavy atom. The van der Waals surface area contributed by atoms with E-state index in [0.29, 0.717) is 23.1 Å². The van der Waals surface area contributed by atoms with E-state index >= 15 is 0 Å². The maximum absolute atomic E-state index is 12.9. The first kappa shape index (κ1) is 21.0. The molecule has 8 nitrogen and oxygen atoms in total. The predicted octanol–water partition coefficient (Wildman–Crippen LogP) is 3.97. The Balaban J connectivity index is 1.20. The fraction of sp³-hybridized carbons (Fsp3) is 0.273. The van der Waals surface area contributed by atoms with Crippen LogP contribution in [0.4, 0.5) is 24.9 Å². The SMILES string of the molecule is O=c1ccccn1-c1ccc(N[C@H]2CC[C@H](Nc3nc4cc(C(F)(F)F)cnc4[nH]3)C2)nc1. The number of nitrogens with one attached hydrogen (secondary N) is 3. The lowest BCUT2D eigenvalue weighted by Gasteiger charge is -2.15. The van der Waals surface area contributed by atoms with Gasteiger partial charge < -0.3 is 15.6 Å². The Bertz CT molecular complexity index is 1330. The highest BCUT2D eigenvalue weighted by Crippen LogP contribution is 2.31. The van der Waals surface area contributed by atoms with Crippen LogP contribution in [0.2, 0.25) is 0 Å². The number of fused-ring (bicyclic) bond motifs is 1. The third-order valence-corrected chi connectivity index (χ3v) is 5.64. The van der Waals surface area contributed by atoms with Crippen molar-refractivity contribution in [3.05, 3.63) is 70.9 Å². The molecular formula is C22H20F3N7O. The summed E-state index contributed by atoms with van der Waals surface area (Å²) in [4.78, 5) is 27.3. The first-order valence-electron chi connectivity index (χ1n) is 10.5. The Labute approximate surface area is 185 Å². The van der Waals surface area contributed by atoms with Crippen molar-refractivity contribution in [1.82, 2.24) is 24.5 Å². The van der Waals surface area contributed by atoms with Gasteiger partial charge in [-0.25, -0.2) is 15.0 Å². The topological polar surface area (TPSA) is 101 Å². The van der Waals surface area contributed by atoms with E-state index in [9.17, 15) is 18.0 Å². The maximum Gasteiger partial charge on any atom is 0.417 e. The minimum atomic E-state index is -4.46.